The molecule has 2 aliphatic rings. The third-order valence-electron chi connectivity index (χ3n) is 5.40. The molecular formula is C19H25NO5S. The Morgan fingerprint density at radius 3 is 2.35 bits per heavy atom. The molecule has 1 aromatic heterocycles. The van der Waals surface area contributed by atoms with Crippen LogP contribution in [0.5, 0.6) is 0 Å². The lowest BCUT2D eigenvalue weighted by atomic mass is 9.88. The van der Waals surface area contributed by atoms with Crippen molar-refractivity contribution in [3.8, 4) is 0 Å². The summed E-state index contributed by atoms with van der Waals surface area (Å²) in [5, 5.41) is 3.29. The SMILES string of the molecule is CCOC(=O)c1sc(NC(=O)[C@@H]2C[C@@H]3CC[C@@H]2C3)c(C(=O)OCC)c1C. The van der Waals surface area contributed by atoms with E-state index in [0.717, 1.165) is 30.6 Å². The summed E-state index contributed by atoms with van der Waals surface area (Å²) < 4.78 is 10.2. The molecule has 0 spiro atoms. The average molecular weight is 379 g/mol. The summed E-state index contributed by atoms with van der Waals surface area (Å²) in [6.07, 6.45) is 4.36. The van der Waals surface area contributed by atoms with Crippen molar-refractivity contribution in [2.45, 2.75) is 46.5 Å². The van der Waals surface area contributed by atoms with Crippen LogP contribution in [0.1, 0.15) is 65.1 Å². The predicted octanol–water partition coefficient (Wildman–Crippen LogP) is 3.78. The lowest BCUT2D eigenvalue weighted by Crippen LogP contribution is -2.27. The number of hydrogen-bond donors (Lipinski definition) is 1. The molecule has 142 valence electrons. The third-order valence-corrected chi connectivity index (χ3v) is 6.59. The lowest BCUT2D eigenvalue weighted by molar-refractivity contribution is -0.121. The van der Waals surface area contributed by atoms with Gasteiger partial charge in [0.1, 0.15) is 9.88 Å². The number of carbonyl (C=O) groups excluding carboxylic acids is 3. The molecule has 26 heavy (non-hydrogen) atoms. The first-order valence-corrected chi connectivity index (χ1v) is 10.1. The Labute approximate surface area is 157 Å². The van der Waals surface area contributed by atoms with Gasteiger partial charge in [0.15, 0.2) is 0 Å². The molecule has 3 atom stereocenters. The van der Waals surface area contributed by atoms with E-state index in [1.165, 1.54) is 6.42 Å². The number of esters is 2. The van der Waals surface area contributed by atoms with Crippen LogP contribution in [0, 0.1) is 24.7 Å². The van der Waals surface area contributed by atoms with E-state index in [2.05, 4.69) is 5.32 Å². The molecule has 7 heteroatoms. The van der Waals surface area contributed by atoms with Crippen molar-refractivity contribution in [3.05, 3.63) is 16.0 Å². The molecule has 1 amide bonds. The first-order chi connectivity index (χ1) is 12.5. The zero-order valence-corrected chi connectivity index (χ0v) is 16.2. The maximum Gasteiger partial charge on any atom is 0.348 e. The van der Waals surface area contributed by atoms with Gasteiger partial charge in [-0.2, -0.15) is 0 Å². The summed E-state index contributed by atoms with van der Waals surface area (Å²) >= 11 is 1.09. The smallest absolute Gasteiger partial charge is 0.348 e. The Morgan fingerprint density at radius 2 is 1.77 bits per heavy atom. The molecule has 2 fully saturated rings. The molecule has 1 N–H and O–H groups in total. The molecule has 1 heterocycles. The number of ether oxygens (including phenoxy) is 2. The van der Waals surface area contributed by atoms with Crippen LogP contribution in [0.3, 0.4) is 0 Å². The first-order valence-electron chi connectivity index (χ1n) is 9.24. The summed E-state index contributed by atoms with van der Waals surface area (Å²) in [5.74, 6) is 0.0229. The fourth-order valence-corrected chi connectivity index (χ4v) is 5.30. The zero-order chi connectivity index (χ0) is 18.8. The van der Waals surface area contributed by atoms with E-state index >= 15 is 0 Å². The molecule has 1 aromatic rings. The number of rotatable bonds is 6. The maximum absolute atomic E-state index is 12.8. The molecule has 2 bridgehead atoms. The highest BCUT2D eigenvalue weighted by Crippen LogP contribution is 2.49. The van der Waals surface area contributed by atoms with E-state index in [-0.39, 0.29) is 30.6 Å². The van der Waals surface area contributed by atoms with Crippen molar-refractivity contribution < 1.29 is 23.9 Å². The van der Waals surface area contributed by atoms with Crippen molar-refractivity contribution in [3.63, 3.8) is 0 Å². The maximum atomic E-state index is 12.8. The quantitative estimate of drug-likeness (QED) is 0.761. The number of fused-ring (bicyclic) bond motifs is 2. The van der Waals surface area contributed by atoms with E-state index in [1.54, 1.807) is 20.8 Å². The Balaban J connectivity index is 1.86. The van der Waals surface area contributed by atoms with Crippen LogP contribution in [-0.2, 0) is 14.3 Å². The molecule has 0 radical (unpaired) electrons. The van der Waals surface area contributed by atoms with Crippen LogP contribution >= 0.6 is 11.3 Å². The van der Waals surface area contributed by atoms with Crippen molar-refractivity contribution in [1.82, 2.24) is 0 Å². The van der Waals surface area contributed by atoms with Gasteiger partial charge in [-0.15, -0.1) is 11.3 Å². The highest BCUT2D eigenvalue weighted by Gasteiger charge is 2.43. The second-order valence-electron chi connectivity index (χ2n) is 6.97. The minimum Gasteiger partial charge on any atom is -0.462 e. The second-order valence-corrected chi connectivity index (χ2v) is 7.99. The second kappa shape index (κ2) is 7.78. The number of anilines is 1. The molecular weight excluding hydrogens is 354 g/mol. The first kappa shape index (κ1) is 18.9. The Kier molecular flexibility index (Phi) is 5.65. The topological polar surface area (TPSA) is 81.7 Å². The zero-order valence-electron chi connectivity index (χ0n) is 15.4. The Bertz CT molecular complexity index is 726. The number of thiophene rings is 1. The Morgan fingerprint density at radius 1 is 1.08 bits per heavy atom. The van der Waals surface area contributed by atoms with Crippen LogP contribution in [0.2, 0.25) is 0 Å². The molecule has 3 rings (SSSR count). The van der Waals surface area contributed by atoms with Gasteiger partial charge >= 0.3 is 11.9 Å². The van der Waals surface area contributed by atoms with Crippen molar-refractivity contribution in [1.29, 1.82) is 0 Å². The summed E-state index contributed by atoms with van der Waals surface area (Å²) in [4.78, 5) is 37.7. The summed E-state index contributed by atoms with van der Waals surface area (Å²) in [5.41, 5.74) is 0.756. The van der Waals surface area contributed by atoms with Gasteiger partial charge in [0, 0.05) is 5.92 Å². The minimum absolute atomic E-state index is 0.00255. The van der Waals surface area contributed by atoms with Gasteiger partial charge in [-0.05, 0) is 57.4 Å². The van der Waals surface area contributed by atoms with Crippen LogP contribution in [0.25, 0.3) is 0 Å². The van der Waals surface area contributed by atoms with E-state index in [0.29, 0.717) is 27.3 Å². The third kappa shape index (κ3) is 3.49. The van der Waals surface area contributed by atoms with E-state index in [1.807, 2.05) is 0 Å². The highest BCUT2D eigenvalue weighted by molar-refractivity contribution is 7.18. The normalized spacial score (nSPS) is 23.7. The summed E-state index contributed by atoms with van der Waals surface area (Å²) in [6.45, 7) is 5.60. The molecule has 0 unspecified atom stereocenters. The Hall–Kier alpha value is -1.89. The molecule has 2 aliphatic carbocycles. The summed E-state index contributed by atoms with van der Waals surface area (Å²) in [7, 11) is 0. The lowest BCUT2D eigenvalue weighted by Gasteiger charge is -2.20. The number of nitrogens with one attached hydrogen (secondary N) is 1. The van der Waals surface area contributed by atoms with Crippen molar-refractivity contribution in [2.24, 2.45) is 17.8 Å². The predicted molar refractivity (Wildman–Crippen MR) is 98.5 cm³/mol. The van der Waals surface area contributed by atoms with E-state index < -0.39 is 11.9 Å². The molecule has 0 aromatic carbocycles. The largest absolute Gasteiger partial charge is 0.462 e. The fourth-order valence-electron chi connectivity index (χ4n) is 4.21. The highest BCUT2D eigenvalue weighted by atomic mass is 32.1. The van der Waals surface area contributed by atoms with Crippen LogP contribution in [0.15, 0.2) is 0 Å². The molecule has 0 saturated heterocycles. The van der Waals surface area contributed by atoms with E-state index in [9.17, 15) is 14.4 Å². The number of amides is 1. The molecule has 2 saturated carbocycles. The minimum atomic E-state index is -0.528. The molecule has 6 nitrogen and oxygen atoms in total. The average Bonchev–Trinajstić information content (AvgIpc) is 3.29. The van der Waals surface area contributed by atoms with Crippen molar-refractivity contribution >= 4 is 34.2 Å². The van der Waals surface area contributed by atoms with Crippen LogP contribution < -0.4 is 5.32 Å². The molecule has 0 aliphatic heterocycles. The standard InChI is InChI=1S/C19H25NO5S/c1-4-24-18(22)14-10(3)15(19(23)25-5-2)26-17(14)20-16(21)13-9-11-6-7-12(13)8-11/h11-13H,4-9H2,1-3H3,(H,20,21)/t11-,12-,13-/m1/s1. The van der Waals surface area contributed by atoms with Crippen LogP contribution in [0.4, 0.5) is 5.00 Å². The van der Waals surface area contributed by atoms with Gasteiger partial charge in [-0.25, -0.2) is 9.59 Å². The van der Waals surface area contributed by atoms with Gasteiger partial charge in [0.2, 0.25) is 5.91 Å². The van der Waals surface area contributed by atoms with E-state index in [4.69, 9.17) is 9.47 Å². The monoisotopic (exact) mass is 379 g/mol. The van der Waals surface area contributed by atoms with Crippen LogP contribution in [-0.4, -0.2) is 31.1 Å². The van der Waals surface area contributed by atoms with Gasteiger partial charge in [-0.1, -0.05) is 6.42 Å². The number of carbonyl (C=O) groups is 3. The van der Waals surface area contributed by atoms with Gasteiger partial charge in [0.25, 0.3) is 0 Å². The van der Waals surface area contributed by atoms with Crippen molar-refractivity contribution in [2.75, 3.05) is 18.5 Å². The number of hydrogen-bond acceptors (Lipinski definition) is 6. The van der Waals surface area contributed by atoms with Gasteiger partial charge < -0.3 is 14.8 Å². The van der Waals surface area contributed by atoms with Gasteiger partial charge in [0.05, 0.1) is 18.8 Å². The fraction of sp³-hybridized carbons (Fsp3) is 0.632. The van der Waals surface area contributed by atoms with Gasteiger partial charge in [-0.3, -0.25) is 4.79 Å². The summed E-state index contributed by atoms with van der Waals surface area (Å²) in [6, 6.07) is 0.